The molecule has 1 unspecified atom stereocenters. The Labute approximate surface area is 124 Å². The van der Waals surface area contributed by atoms with Crippen LogP contribution in [0.15, 0.2) is 48.5 Å². The molecular weight excluding hydrogens is 266 g/mol. The molecule has 2 aromatic rings. The Morgan fingerprint density at radius 3 is 2.57 bits per heavy atom. The minimum absolute atomic E-state index is 0.267. The molecule has 110 valence electrons. The zero-order valence-corrected chi connectivity index (χ0v) is 12.2. The molecule has 1 atom stereocenters. The summed E-state index contributed by atoms with van der Waals surface area (Å²) >= 11 is 0. The molecular formula is C17H19NO3. The Kier molecular flexibility index (Phi) is 4.95. The van der Waals surface area contributed by atoms with E-state index in [-0.39, 0.29) is 11.6 Å². The van der Waals surface area contributed by atoms with E-state index in [2.05, 4.69) is 18.3 Å². The van der Waals surface area contributed by atoms with Crippen molar-refractivity contribution in [3.8, 4) is 5.75 Å². The number of hydrogen-bond donors (Lipinski definition) is 2. The molecule has 0 fully saturated rings. The van der Waals surface area contributed by atoms with Crippen LogP contribution in [0, 0.1) is 0 Å². The van der Waals surface area contributed by atoms with Gasteiger partial charge in [-0.1, -0.05) is 24.3 Å². The predicted molar refractivity (Wildman–Crippen MR) is 81.7 cm³/mol. The average molecular weight is 285 g/mol. The number of carbonyl (C=O) groups is 1. The minimum Gasteiger partial charge on any atom is -0.489 e. The fourth-order valence-corrected chi connectivity index (χ4v) is 1.95. The molecule has 0 saturated heterocycles. The molecule has 0 aliphatic heterocycles. The second kappa shape index (κ2) is 6.90. The predicted octanol–water partition coefficient (Wildman–Crippen LogP) is 3.24. The summed E-state index contributed by atoms with van der Waals surface area (Å²) in [5.41, 5.74) is 2.38. The van der Waals surface area contributed by atoms with E-state index in [0.717, 1.165) is 16.9 Å². The highest BCUT2D eigenvalue weighted by Crippen LogP contribution is 2.19. The average Bonchev–Trinajstić information content (AvgIpc) is 2.52. The fraction of sp³-hybridized carbons (Fsp3) is 0.235. The van der Waals surface area contributed by atoms with E-state index in [4.69, 9.17) is 9.84 Å². The number of rotatable bonds is 6. The number of benzene rings is 2. The largest absolute Gasteiger partial charge is 0.489 e. The zero-order chi connectivity index (χ0) is 15.2. The lowest BCUT2D eigenvalue weighted by atomic mass is 10.1. The second-order valence-electron chi connectivity index (χ2n) is 4.87. The van der Waals surface area contributed by atoms with Crippen LogP contribution in [0.2, 0.25) is 0 Å². The van der Waals surface area contributed by atoms with Gasteiger partial charge in [-0.05, 0) is 49.4 Å². The molecule has 0 radical (unpaired) electrons. The Bertz CT molecular complexity index is 608. The van der Waals surface area contributed by atoms with Crippen LogP contribution in [0.5, 0.6) is 5.75 Å². The molecule has 2 rings (SSSR count). The summed E-state index contributed by atoms with van der Waals surface area (Å²) in [5.74, 6) is -0.117. The maximum atomic E-state index is 10.8. The van der Waals surface area contributed by atoms with Gasteiger partial charge in [0.2, 0.25) is 0 Å². The summed E-state index contributed by atoms with van der Waals surface area (Å²) in [4.78, 5) is 10.8. The van der Waals surface area contributed by atoms with Crippen LogP contribution in [0.1, 0.15) is 34.5 Å². The van der Waals surface area contributed by atoms with E-state index in [1.807, 2.05) is 25.2 Å². The Hall–Kier alpha value is -2.33. The van der Waals surface area contributed by atoms with Crippen molar-refractivity contribution in [2.75, 3.05) is 7.05 Å². The van der Waals surface area contributed by atoms with Crippen molar-refractivity contribution in [3.63, 3.8) is 0 Å². The van der Waals surface area contributed by atoms with Crippen molar-refractivity contribution in [2.24, 2.45) is 0 Å². The van der Waals surface area contributed by atoms with Crippen molar-refractivity contribution >= 4 is 5.97 Å². The smallest absolute Gasteiger partial charge is 0.335 e. The van der Waals surface area contributed by atoms with E-state index in [1.54, 1.807) is 24.3 Å². The van der Waals surface area contributed by atoms with E-state index in [1.165, 1.54) is 0 Å². The van der Waals surface area contributed by atoms with Crippen molar-refractivity contribution < 1.29 is 14.6 Å². The molecule has 0 aromatic heterocycles. The van der Waals surface area contributed by atoms with Gasteiger partial charge in [-0.2, -0.15) is 0 Å². The third-order valence-electron chi connectivity index (χ3n) is 3.40. The summed E-state index contributed by atoms with van der Waals surface area (Å²) in [7, 11) is 1.92. The van der Waals surface area contributed by atoms with Gasteiger partial charge < -0.3 is 15.2 Å². The third kappa shape index (κ3) is 4.07. The number of carboxylic acids is 1. The van der Waals surface area contributed by atoms with Crippen molar-refractivity contribution in [1.82, 2.24) is 5.32 Å². The molecule has 2 aromatic carbocycles. The lowest BCUT2D eigenvalue weighted by molar-refractivity contribution is 0.0697. The molecule has 0 heterocycles. The molecule has 4 heteroatoms. The Morgan fingerprint density at radius 1 is 1.24 bits per heavy atom. The van der Waals surface area contributed by atoms with E-state index in [0.29, 0.717) is 6.61 Å². The van der Waals surface area contributed by atoms with Crippen LogP contribution < -0.4 is 10.1 Å². The molecule has 0 aliphatic carbocycles. The summed E-state index contributed by atoms with van der Waals surface area (Å²) in [5, 5.41) is 12.0. The first-order valence-electron chi connectivity index (χ1n) is 6.82. The van der Waals surface area contributed by atoms with Crippen LogP contribution in [-0.2, 0) is 6.61 Å². The van der Waals surface area contributed by atoms with Gasteiger partial charge in [0.05, 0.1) is 5.56 Å². The van der Waals surface area contributed by atoms with Gasteiger partial charge in [-0.25, -0.2) is 4.79 Å². The van der Waals surface area contributed by atoms with E-state index in [9.17, 15) is 4.79 Å². The standard InChI is InChI=1S/C17H19NO3/c1-12(18-2)15-4-3-5-16(10-15)21-11-13-6-8-14(9-7-13)17(19)20/h3-10,12,18H,11H2,1-2H3,(H,19,20). The number of aromatic carboxylic acids is 1. The molecule has 0 amide bonds. The maximum absolute atomic E-state index is 10.8. The third-order valence-corrected chi connectivity index (χ3v) is 3.40. The first kappa shape index (κ1) is 15.1. The zero-order valence-electron chi connectivity index (χ0n) is 12.2. The number of hydrogen-bond acceptors (Lipinski definition) is 3. The van der Waals surface area contributed by atoms with Crippen LogP contribution >= 0.6 is 0 Å². The highest BCUT2D eigenvalue weighted by molar-refractivity contribution is 5.87. The molecule has 2 N–H and O–H groups in total. The lowest BCUT2D eigenvalue weighted by Crippen LogP contribution is -2.12. The van der Waals surface area contributed by atoms with Gasteiger partial charge >= 0.3 is 5.97 Å². The summed E-state index contributed by atoms with van der Waals surface area (Å²) in [6, 6.07) is 14.9. The van der Waals surface area contributed by atoms with E-state index < -0.39 is 5.97 Å². The highest BCUT2D eigenvalue weighted by Gasteiger charge is 2.05. The van der Waals surface area contributed by atoms with Crippen molar-refractivity contribution in [2.45, 2.75) is 19.6 Å². The van der Waals surface area contributed by atoms with Gasteiger partial charge in [0, 0.05) is 6.04 Å². The topological polar surface area (TPSA) is 58.6 Å². The van der Waals surface area contributed by atoms with Gasteiger partial charge in [-0.3, -0.25) is 0 Å². The normalized spacial score (nSPS) is 11.9. The van der Waals surface area contributed by atoms with Gasteiger partial charge in [-0.15, -0.1) is 0 Å². The highest BCUT2D eigenvalue weighted by atomic mass is 16.5. The fourth-order valence-electron chi connectivity index (χ4n) is 1.95. The number of nitrogens with one attached hydrogen (secondary N) is 1. The van der Waals surface area contributed by atoms with Gasteiger partial charge in [0.25, 0.3) is 0 Å². The molecule has 0 bridgehead atoms. The first-order valence-corrected chi connectivity index (χ1v) is 6.82. The van der Waals surface area contributed by atoms with Gasteiger partial charge in [0.15, 0.2) is 0 Å². The summed E-state index contributed by atoms with van der Waals surface area (Å²) in [6.45, 7) is 2.50. The quantitative estimate of drug-likeness (QED) is 0.855. The SMILES string of the molecule is CNC(C)c1cccc(OCc2ccc(C(=O)O)cc2)c1. The molecule has 0 aliphatic rings. The van der Waals surface area contributed by atoms with Crippen LogP contribution in [0.3, 0.4) is 0 Å². The molecule has 0 saturated carbocycles. The number of carboxylic acid groups (broad SMARTS) is 1. The monoisotopic (exact) mass is 285 g/mol. The van der Waals surface area contributed by atoms with Crippen molar-refractivity contribution in [1.29, 1.82) is 0 Å². The van der Waals surface area contributed by atoms with Crippen LogP contribution in [0.25, 0.3) is 0 Å². The summed E-state index contributed by atoms with van der Waals surface area (Å²) < 4.78 is 5.75. The Morgan fingerprint density at radius 2 is 1.95 bits per heavy atom. The van der Waals surface area contributed by atoms with E-state index >= 15 is 0 Å². The summed E-state index contributed by atoms with van der Waals surface area (Å²) in [6.07, 6.45) is 0. The molecule has 0 spiro atoms. The number of ether oxygens (including phenoxy) is 1. The molecule has 4 nitrogen and oxygen atoms in total. The maximum Gasteiger partial charge on any atom is 0.335 e. The molecule has 21 heavy (non-hydrogen) atoms. The van der Waals surface area contributed by atoms with Crippen LogP contribution in [-0.4, -0.2) is 18.1 Å². The second-order valence-corrected chi connectivity index (χ2v) is 4.87. The first-order chi connectivity index (χ1) is 10.1. The van der Waals surface area contributed by atoms with Crippen molar-refractivity contribution in [3.05, 3.63) is 65.2 Å². The Balaban J connectivity index is 2.01. The van der Waals surface area contributed by atoms with Crippen LogP contribution in [0.4, 0.5) is 0 Å². The lowest BCUT2D eigenvalue weighted by Gasteiger charge is -2.13. The minimum atomic E-state index is -0.920. The van der Waals surface area contributed by atoms with Gasteiger partial charge in [0.1, 0.15) is 12.4 Å².